The third kappa shape index (κ3) is 4.35. The van der Waals surface area contributed by atoms with E-state index in [-0.39, 0.29) is 22.9 Å². The molecule has 1 aliphatic heterocycles. The van der Waals surface area contributed by atoms with Gasteiger partial charge in [-0.25, -0.2) is 4.79 Å². The summed E-state index contributed by atoms with van der Waals surface area (Å²) in [6.07, 6.45) is 1.58. The monoisotopic (exact) mass is 429 g/mol. The van der Waals surface area contributed by atoms with E-state index in [1.807, 2.05) is 0 Å². The number of aliphatic carboxylic acids is 1. The van der Waals surface area contributed by atoms with Crippen LogP contribution in [0.15, 0.2) is 21.5 Å². The Labute approximate surface area is 157 Å². The number of carboxylic acids is 1. The molecule has 2 amide bonds. The normalized spacial score (nSPS) is 16.0. The number of carbonyl (C=O) groups is 3. The first-order valence-corrected chi connectivity index (χ1v) is 8.84. The molecule has 134 valence electrons. The van der Waals surface area contributed by atoms with Gasteiger partial charge >= 0.3 is 5.97 Å². The van der Waals surface area contributed by atoms with Gasteiger partial charge < -0.3 is 14.6 Å². The van der Waals surface area contributed by atoms with Gasteiger partial charge in [0, 0.05) is 6.04 Å². The molecule has 1 aliphatic rings. The quantitative estimate of drug-likeness (QED) is 0.692. The molecule has 0 saturated carbocycles. The van der Waals surface area contributed by atoms with E-state index in [0.717, 1.165) is 11.8 Å². The summed E-state index contributed by atoms with van der Waals surface area (Å²) in [7, 11) is 1.42. The molecular formula is C16H16BrNO6S. The molecule has 0 aromatic heterocycles. The van der Waals surface area contributed by atoms with Gasteiger partial charge in [-0.15, -0.1) is 0 Å². The van der Waals surface area contributed by atoms with Gasteiger partial charge in [0.25, 0.3) is 11.1 Å². The average Bonchev–Trinajstić information content (AvgIpc) is 2.79. The zero-order valence-corrected chi connectivity index (χ0v) is 16.1. The minimum Gasteiger partial charge on any atom is -0.493 e. The van der Waals surface area contributed by atoms with Gasteiger partial charge in [0.2, 0.25) is 0 Å². The number of amides is 2. The largest absolute Gasteiger partial charge is 0.493 e. The van der Waals surface area contributed by atoms with Crippen LogP contribution in [0.2, 0.25) is 0 Å². The summed E-state index contributed by atoms with van der Waals surface area (Å²) < 4.78 is 10.9. The second kappa shape index (κ2) is 7.92. The van der Waals surface area contributed by atoms with Crippen LogP contribution in [0, 0.1) is 0 Å². The highest BCUT2D eigenvalue weighted by Gasteiger charge is 2.36. The van der Waals surface area contributed by atoms with Crippen molar-refractivity contribution in [3.63, 3.8) is 0 Å². The molecule has 0 aliphatic carbocycles. The number of hydrogen-bond acceptors (Lipinski definition) is 6. The molecule has 0 bridgehead atoms. The van der Waals surface area contributed by atoms with Crippen LogP contribution in [0.25, 0.3) is 6.08 Å². The van der Waals surface area contributed by atoms with E-state index in [4.69, 9.17) is 14.6 Å². The maximum Gasteiger partial charge on any atom is 0.341 e. The van der Waals surface area contributed by atoms with Gasteiger partial charge in [0.05, 0.1) is 16.5 Å². The summed E-state index contributed by atoms with van der Waals surface area (Å²) in [5, 5.41) is 8.42. The van der Waals surface area contributed by atoms with Crippen molar-refractivity contribution >= 4 is 50.9 Å². The van der Waals surface area contributed by atoms with Gasteiger partial charge in [-0.05, 0) is 65.3 Å². The highest BCUT2D eigenvalue weighted by Crippen LogP contribution is 2.39. The maximum atomic E-state index is 12.3. The lowest BCUT2D eigenvalue weighted by atomic mass is 10.1. The Hall–Kier alpha value is -2.00. The highest BCUT2D eigenvalue weighted by molar-refractivity contribution is 9.10. The van der Waals surface area contributed by atoms with Gasteiger partial charge in [-0.3, -0.25) is 14.5 Å². The molecule has 9 heteroatoms. The lowest BCUT2D eigenvalue weighted by molar-refractivity contribution is -0.139. The number of nitrogens with zero attached hydrogens (tertiary/aromatic N) is 1. The number of carbonyl (C=O) groups excluding carboxylic acids is 2. The molecule has 0 unspecified atom stereocenters. The highest BCUT2D eigenvalue weighted by atomic mass is 79.9. The van der Waals surface area contributed by atoms with Crippen LogP contribution in [0.4, 0.5) is 4.79 Å². The molecule has 1 saturated heterocycles. The molecular weight excluding hydrogens is 414 g/mol. The van der Waals surface area contributed by atoms with Crippen molar-refractivity contribution in [2.45, 2.75) is 19.9 Å². The Morgan fingerprint density at radius 2 is 2.08 bits per heavy atom. The van der Waals surface area contributed by atoms with Crippen LogP contribution in [-0.4, -0.2) is 46.9 Å². The third-order valence-corrected chi connectivity index (χ3v) is 4.70. The summed E-state index contributed by atoms with van der Waals surface area (Å²) >= 11 is 4.18. The summed E-state index contributed by atoms with van der Waals surface area (Å²) in [6.45, 7) is 3.03. The first-order valence-electron chi connectivity index (χ1n) is 7.23. The topological polar surface area (TPSA) is 93.1 Å². The zero-order chi connectivity index (χ0) is 18.7. The second-order valence-corrected chi connectivity index (χ2v) is 7.21. The first kappa shape index (κ1) is 19.3. The summed E-state index contributed by atoms with van der Waals surface area (Å²) in [4.78, 5) is 36.4. The SMILES string of the molecule is COc1cc(C=C2SC(=O)N(C(C)C)C2=O)cc(Br)c1OCC(=O)O. The lowest BCUT2D eigenvalue weighted by Crippen LogP contribution is -2.34. The van der Waals surface area contributed by atoms with Crippen molar-refractivity contribution in [2.24, 2.45) is 0 Å². The number of rotatable bonds is 6. The van der Waals surface area contributed by atoms with E-state index in [9.17, 15) is 14.4 Å². The van der Waals surface area contributed by atoms with Crippen LogP contribution >= 0.6 is 27.7 Å². The molecule has 1 aromatic rings. The number of thioether (sulfide) groups is 1. The number of hydrogen-bond donors (Lipinski definition) is 1. The molecule has 0 atom stereocenters. The standard InChI is InChI=1S/C16H16BrNO6S/c1-8(2)18-15(21)12(25-16(18)22)6-9-4-10(17)14(11(5-9)23-3)24-7-13(19)20/h4-6,8H,7H2,1-3H3,(H,19,20). The number of benzene rings is 1. The fourth-order valence-corrected chi connectivity index (χ4v) is 3.71. The summed E-state index contributed by atoms with van der Waals surface area (Å²) in [6, 6.07) is 3.04. The molecule has 1 aromatic carbocycles. The minimum absolute atomic E-state index is 0.216. The van der Waals surface area contributed by atoms with Crippen LogP contribution in [0.1, 0.15) is 19.4 Å². The molecule has 0 spiro atoms. The van der Waals surface area contributed by atoms with Crippen molar-refractivity contribution in [2.75, 3.05) is 13.7 Å². The van der Waals surface area contributed by atoms with Crippen LogP contribution in [0.5, 0.6) is 11.5 Å². The Morgan fingerprint density at radius 1 is 1.40 bits per heavy atom. The number of ether oxygens (including phenoxy) is 2. The molecule has 1 fully saturated rings. The minimum atomic E-state index is -1.11. The Balaban J connectivity index is 2.35. The van der Waals surface area contributed by atoms with Crippen LogP contribution in [0.3, 0.4) is 0 Å². The van der Waals surface area contributed by atoms with Gasteiger partial charge in [0.1, 0.15) is 0 Å². The Bertz CT molecular complexity index is 761. The van der Waals surface area contributed by atoms with Crippen molar-refractivity contribution in [3.8, 4) is 11.5 Å². The molecule has 1 heterocycles. The van der Waals surface area contributed by atoms with Crippen molar-refractivity contribution in [1.29, 1.82) is 0 Å². The van der Waals surface area contributed by atoms with Crippen molar-refractivity contribution < 1.29 is 29.0 Å². The van der Waals surface area contributed by atoms with E-state index >= 15 is 0 Å². The summed E-state index contributed by atoms with van der Waals surface area (Å²) in [5.74, 6) is -0.894. The van der Waals surface area contributed by atoms with Crippen LogP contribution < -0.4 is 9.47 Å². The van der Waals surface area contributed by atoms with E-state index < -0.39 is 12.6 Å². The molecule has 25 heavy (non-hydrogen) atoms. The predicted molar refractivity (Wildman–Crippen MR) is 96.8 cm³/mol. The van der Waals surface area contributed by atoms with Gasteiger partial charge in [-0.1, -0.05) is 0 Å². The Morgan fingerprint density at radius 3 is 2.60 bits per heavy atom. The smallest absolute Gasteiger partial charge is 0.341 e. The van der Waals surface area contributed by atoms with E-state index in [2.05, 4.69) is 15.9 Å². The van der Waals surface area contributed by atoms with E-state index in [1.54, 1.807) is 32.1 Å². The fourth-order valence-electron chi connectivity index (χ4n) is 2.17. The lowest BCUT2D eigenvalue weighted by Gasteiger charge is -2.16. The fraction of sp³-hybridized carbons (Fsp3) is 0.312. The molecule has 1 N–H and O–H groups in total. The van der Waals surface area contributed by atoms with Gasteiger partial charge in [0.15, 0.2) is 18.1 Å². The predicted octanol–water partition coefficient (Wildman–Crippen LogP) is 3.37. The summed E-state index contributed by atoms with van der Waals surface area (Å²) in [5.41, 5.74) is 0.612. The number of imide groups is 1. The number of halogens is 1. The molecule has 0 radical (unpaired) electrons. The maximum absolute atomic E-state index is 12.3. The average molecular weight is 430 g/mol. The van der Waals surface area contributed by atoms with E-state index in [1.165, 1.54) is 12.0 Å². The van der Waals surface area contributed by atoms with Crippen LogP contribution in [-0.2, 0) is 9.59 Å². The first-order chi connectivity index (χ1) is 11.7. The molecule has 7 nitrogen and oxygen atoms in total. The van der Waals surface area contributed by atoms with Crippen molar-refractivity contribution in [1.82, 2.24) is 4.90 Å². The Kier molecular flexibility index (Phi) is 6.12. The van der Waals surface area contributed by atoms with Gasteiger partial charge in [-0.2, -0.15) is 0 Å². The molecule has 2 rings (SSSR count). The second-order valence-electron chi connectivity index (χ2n) is 5.36. The zero-order valence-electron chi connectivity index (χ0n) is 13.7. The van der Waals surface area contributed by atoms with Crippen molar-refractivity contribution in [3.05, 3.63) is 27.1 Å². The third-order valence-electron chi connectivity index (χ3n) is 3.23. The number of methoxy groups -OCH3 is 1. The number of carboxylic acid groups (broad SMARTS) is 1. The van der Waals surface area contributed by atoms with E-state index in [0.29, 0.717) is 20.7 Å².